The van der Waals surface area contributed by atoms with Gasteiger partial charge in [0.2, 0.25) is 5.91 Å². The molecule has 2 atom stereocenters. The molecule has 22 heavy (non-hydrogen) atoms. The fourth-order valence-corrected chi connectivity index (χ4v) is 2.69. The van der Waals surface area contributed by atoms with E-state index in [1.165, 1.54) is 7.11 Å². The van der Waals surface area contributed by atoms with Crippen molar-refractivity contribution < 1.29 is 9.53 Å². The minimum atomic E-state index is -0.659. The highest BCUT2D eigenvalue weighted by Gasteiger charge is 2.22. The number of benzene rings is 1. The van der Waals surface area contributed by atoms with Crippen LogP contribution in [0.1, 0.15) is 25.5 Å². The number of nitrogens with zero attached hydrogens (tertiary/aromatic N) is 1. The fourth-order valence-electron chi connectivity index (χ4n) is 2.43. The molecule has 0 saturated heterocycles. The third kappa shape index (κ3) is 5.25. The van der Waals surface area contributed by atoms with Gasteiger partial charge in [-0.25, -0.2) is 0 Å². The maximum atomic E-state index is 12.0. The Bertz CT molecular complexity index is 466. The number of amides is 1. The second-order valence-electron chi connectivity index (χ2n) is 5.07. The Hall–Kier alpha value is -1.14. The average molecular weight is 328 g/mol. The van der Waals surface area contributed by atoms with Gasteiger partial charge in [0.1, 0.15) is 6.04 Å². The maximum absolute atomic E-state index is 12.0. The van der Waals surface area contributed by atoms with Gasteiger partial charge in [0.25, 0.3) is 0 Å². The summed E-state index contributed by atoms with van der Waals surface area (Å²) >= 11 is 6.32. The molecule has 0 radical (unpaired) electrons. The van der Waals surface area contributed by atoms with Crippen molar-refractivity contribution in [2.45, 2.75) is 25.9 Å². The number of ether oxygens (including phenoxy) is 1. The molecule has 2 unspecified atom stereocenters. The van der Waals surface area contributed by atoms with Crippen molar-refractivity contribution in [1.29, 1.82) is 0 Å². The SMILES string of the molecule is CCN(CC)C(CNC(=O)C(N)COC)c1ccccc1Cl. The predicted molar refractivity (Wildman–Crippen MR) is 90.0 cm³/mol. The molecular weight excluding hydrogens is 302 g/mol. The van der Waals surface area contributed by atoms with Gasteiger partial charge >= 0.3 is 0 Å². The van der Waals surface area contributed by atoms with E-state index in [2.05, 4.69) is 24.1 Å². The van der Waals surface area contributed by atoms with Crippen LogP contribution in [0.25, 0.3) is 0 Å². The van der Waals surface area contributed by atoms with Crippen LogP contribution in [0.2, 0.25) is 5.02 Å². The lowest BCUT2D eigenvalue weighted by Crippen LogP contribution is -2.46. The quantitative estimate of drug-likeness (QED) is 0.726. The van der Waals surface area contributed by atoms with Crippen molar-refractivity contribution in [3.8, 4) is 0 Å². The molecule has 3 N–H and O–H groups in total. The van der Waals surface area contributed by atoms with Crippen LogP contribution in [-0.2, 0) is 9.53 Å². The molecular formula is C16H26ClN3O2. The van der Waals surface area contributed by atoms with Crippen molar-refractivity contribution >= 4 is 17.5 Å². The Kier molecular flexibility index (Phi) is 8.42. The minimum absolute atomic E-state index is 0.0161. The summed E-state index contributed by atoms with van der Waals surface area (Å²) in [7, 11) is 1.52. The lowest BCUT2D eigenvalue weighted by Gasteiger charge is -2.31. The first-order chi connectivity index (χ1) is 10.5. The topological polar surface area (TPSA) is 67.6 Å². The summed E-state index contributed by atoms with van der Waals surface area (Å²) in [5, 5.41) is 3.60. The zero-order chi connectivity index (χ0) is 16.5. The zero-order valence-corrected chi connectivity index (χ0v) is 14.3. The Balaban J connectivity index is 2.84. The second kappa shape index (κ2) is 9.79. The number of hydrogen-bond acceptors (Lipinski definition) is 4. The van der Waals surface area contributed by atoms with Crippen LogP contribution in [-0.4, -0.2) is 50.2 Å². The van der Waals surface area contributed by atoms with E-state index in [0.717, 1.165) is 18.7 Å². The molecule has 124 valence electrons. The normalized spacial score (nSPS) is 13.9. The summed E-state index contributed by atoms with van der Waals surface area (Å²) in [5.41, 5.74) is 6.75. The average Bonchev–Trinajstić information content (AvgIpc) is 2.52. The van der Waals surface area contributed by atoms with Gasteiger partial charge in [0.05, 0.1) is 12.6 Å². The lowest BCUT2D eigenvalue weighted by atomic mass is 10.0. The van der Waals surface area contributed by atoms with Crippen LogP contribution in [0.5, 0.6) is 0 Å². The number of methoxy groups -OCH3 is 1. The van der Waals surface area contributed by atoms with Gasteiger partial charge < -0.3 is 15.8 Å². The molecule has 0 aliphatic carbocycles. The number of carbonyl (C=O) groups is 1. The molecule has 1 aromatic rings. The van der Waals surface area contributed by atoms with Gasteiger partial charge in [-0.05, 0) is 24.7 Å². The minimum Gasteiger partial charge on any atom is -0.383 e. The Morgan fingerprint density at radius 3 is 2.55 bits per heavy atom. The number of nitrogens with one attached hydrogen (secondary N) is 1. The van der Waals surface area contributed by atoms with Crippen molar-refractivity contribution in [2.75, 3.05) is 33.4 Å². The van der Waals surface area contributed by atoms with Gasteiger partial charge in [-0.3, -0.25) is 9.69 Å². The zero-order valence-electron chi connectivity index (χ0n) is 13.5. The van der Waals surface area contributed by atoms with Crippen molar-refractivity contribution in [3.05, 3.63) is 34.9 Å². The van der Waals surface area contributed by atoms with E-state index in [1.54, 1.807) is 0 Å². The molecule has 0 saturated carbocycles. The number of hydrogen-bond donors (Lipinski definition) is 2. The smallest absolute Gasteiger partial charge is 0.239 e. The number of rotatable bonds is 9. The molecule has 0 spiro atoms. The molecule has 5 nitrogen and oxygen atoms in total. The molecule has 0 aliphatic rings. The van der Waals surface area contributed by atoms with Crippen molar-refractivity contribution in [3.63, 3.8) is 0 Å². The first-order valence-corrected chi connectivity index (χ1v) is 7.93. The van der Waals surface area contributed by atoms with Gasteiger partial charge in [-0.15, -0.1) is 0 Å². The molecule has 1 amide bonds. The third-order valence-corrected chi connectivity index (χ3v) is 4.01. The van der Waals surface area contributed by atoms with Gasteiger partial charge in [0, 0.05) is 18.7 Å². The van der Waals surface area contributed by atoms with Crippen LogP contribution < -0.4 is 11.1 Å². The lowest BCUT2D eigenvalue weighted by molar-refractivity contribution is -0.123. The highest BCUT2D eigenvalue weighted by Crippen LogP contribution is 2.26. The van der Waals surface area contributed by atoms with E-state index in [1.807, 2.05) is 24.3 Å². The molecule has 0 fully saturated rings. The highest BCUT2D eigenvalue weighted by molar-refractivity contribution is 6.31. The number of halogens is 1. The van der Waals surface area contributed by atoms with Crippen LogP contribution in [0.4, 0.5) is 0 Å². The van der Waals surface area contributed by atoms with E-state index in [-0.39, 0.29) is 18.6 Å². The standard InChI is InChI=1S/C16H26ClN3O2/c1-4-20(5-2)15(12-8-6-7-9-13(12)17)10-19-16(21)14(18)11-22-3/h6-9,14-15H,4-5,10-11,18H2,1-3H3,(H,19,21). The van der Waals surface area contributed by atoms with Crippen LogP contribution >= 0.6 is 11.6 Å². The molecule has 0 bridgehead atoms. The summed E-state index contributed by atoms with van der Waals surface area (Å²) in [6, 6.07) is 7.07. The molecule has 0 aliphatic heterocycles. The molecule has 1 rings (SSSR count). The largest absolute Gasteiger partial charge is 0.383 e. The summed E-state index contributed by atoms with van der Waals surface area (Å²) < 4.78 is 4.91. The van der Waals surface area contributed by atoms with E-state index in [0.29, 0.717) is 11.6 Å². The highest BCUT2D eigenvalue weighted by atomic mass is 35.5. The molecule has 0 aromatic heterocycles. The van der Waals surface area contributed by atoms with Gasteiger partial charge in [-0.2, -0.15) is 0 Å². The van der Waals surface area contributed by atoms with E-state index in [4.69, 9.17) is 22.1 Å². The van der Waals surface area contributed by atoms with E-state index < -0.39 is 6.04 Å². The first kappa shape index (κ1) is 18.9. The Morgan fingerprint density at radius 1 is 1.36 bits per heavy atom. The van der Waals surface area contributed by atoms with Crippen molar-refractivity contribution in [2.24, 2.45) is 5.73 Å². The maximum Gasteiger partial charge on any atom is 0.239 e. The monoisotopic (exact) mass is 327 g/mol. The Morgan fingerprint density at radius 2 is 2.00 bits per heavy atom. The van der Waals surface area contributed by atoms with Gasteiger partial charge in [-0.1, -0.05) is 43.6 Å². The first-order valence-electron chi connectivity index (χ1n) is 7.55. The predicted octanol–water partition coefficient (Wildman–Crippen LogP) is 1.81. The van der Waals surface area contributed by atoms with Crippen molar-refractivity contribution in [1.82, 2.24) is 10.2 Å². The van der Waals surface area contributed by atoms with Crippen LogP contribution in [0.15, 0.2) is 24.3 Å². The van der Waals surface area contributed by atoms with E-state index >= 15 is 0 Å². The number of likely N-dealkylation sites (N-methyl/N-ethyl adjacent to an activating group) is 1. The molecule has 1 aromatic carbocycles. The number of carbonyl (C=O) groups excluding carboxylic acids is 1. The summed E-state index contributed by atoms with van der Waals surface area (Å²) in [4.78, 5) is 14.2. The summed E-state index contributed by atoms with van der Waals surface area (Å²) in [6.45, 7) is 6.58. The van der Waals surface area contributed by atoms with Crippen LogP contribution in [0, 0.1) is 0 Å². The second-order valence-corrected chi connectivity index (χ2v) is 5.47. The summed E-state index contributed by atoms with van der Waals surface area (Å²) in [6.07, 6.45) is 0. The fraction of sp³-hybridized carbons (Fsp3) is 0.562. The molecule has 0 heterocycles. The third-order valence-electron chi connectivity index (χ3n) is 3.67. The number of nitrogens with two attached hydrogens (primary N) is 1. The molecule has 6 heteroatoms. The van der Waals surface area contributed by atoms with E-state index in [9.17, 15) is 4.79 Å². The summed E-state index contributed by atoms with van der Waals surface area (Å²) in [5.74, 6) is -0.217. The van der Waals surface area contributed by atoms with Crippen LogP contribution in [0.3, 0.4) is 0 Å². The van der Waals surface area contributed by atoms with Gasteiger partial charge in [0.15, 0.2) is 0 Å². The Labute approximate surface area is 137 Å².